The van der Waals surface area contributed by atoms with Gasteiger partial charge in [-0.1, -0.05) is 0 Å². The highest BCUT2D eigenvalue weighted by molar-refractivity contribution is 5.68. The van der Waals surface area contributed by atoms with E-state index >= 15 is 0 Å². The van der Waals surface area contributed by atoms with Gasteiger partial charge in [0, 0.05) is 6.04 Å². The van der Waals surface area contributed by atoms with Crippen LogP contribution in [0.5, 0.6) is 0 Å². The van der Waals surface area contributed by atoms with Crippen molar-refractivity contribution >= 4 is 11.4 Å². The molecule has 0 atom stereocenters. The van der Waals surface area contributed by atoms with Gasteiger partial charge in [-0.3, -0.25) is 0 Å². The predicted molar refractivity (Wildman–Crippen MR) is 57.9 cm³/mol. The van der Waals surface area contributed by atoms with Crippen molar-refractivity contribution in [3.05, 3.63) is 28.7 Å². The minimum atomic E-state index is 0.376. The highest BCUT2D eigenvalue weighted by Crippen LogP contribution is 2.30. The van der Waals surface area contributed by atoms with Crippen molar-refractivity contribution in [2.45, 2.75) is 25.3 Å². The van der Waals surface area contributed by atoms with E-state index in [2.05, 4.69) is 10.5 Å². The van der Waals surface area contributed by atoms with Crippen molar-refractivity contribution in [2.75, 3.05) is 5.32 Å². The van der Waals surface area contributed by atoms with E-state index in [-0.39, 0.29) is 0 Å². The maximum Gasteiger partial charge on any atom is 0.131 e. The second-order valence-corrected chi connectivity index (χ2v) is 3.71. The van der Waals surface area contributed by atoms with E-state index in [0.717, 1.165) is 12.8 Å². The summed E-state index contributed by atoms with van der Waals surface area (Å²) in [6, 6.07) is 7.33. The highest BCUT2D eigenvalue weighted by Gasteiger charge is 2.18. The monoisotopic (exact) mass is 201 g/mol. The van der Waals surface area contributed by atoms with Gasteiger partial charge in [0.1, 0.15) is 5.69 Å². The summed E-state index contributed by atoms with van der Waals surface area (Å²) in [5.41, 5.74) is 1.60. The summed E-state index contributed by atoms with van der Waals surface area (Å²) < 4.78 is 0. The molecule has 1 aliphatic rings. The Morgan fingerprint density at radius 2 is 2.27 bits per heavy atom. The number of rotatable bonds is 3. The van der Waals surface area contributed by atoms with E-state index in [1.165, 1.54) is 6.42 Å². The Kier molecular flexibility index (Phi) is 2.64. The lowest BCUT2D eigenvalue weighted by Crippen LogP contribution is -2.26. The summed E-state index contributed by atoms with van der Waals surface area (Å²) >= 11 is 0. The van der Waals surface area contributed by atoms with Crippen molar-refractivity contribution in [1.82, 2.24) is 0 Å². The molecule has 76 valence electrons. The van der Waals surface area contributed by atoms with Crippen molar-refractivity contribution in [1.29, 1.82) is 5.26 Å². The van der Waals surface area contributed by atoms with Crippen LogP contribution in [0.25, 0.3) is 0 Å². The number of hydrogen-bond donors (Lipinski definition) is 1. The first-order chi connectivity index (χ1) is 7.33. The van der Waals surface area contributed by atoms with Gasteiger partial charge in [0.15, 0.2) is 0 Å². The molecule has 2 rings (SSSR count). The zero-order chi connectivity index (χ0) is 10.7. The second-order valence-electron chi connectivity index (χ2n) is 3.71. The first kappa shape index (κ1) is 9.66. The summed E-state index contributed by atoms with van der Waals surface area (Å²) in [7, 11) is 0. The smallest absolute Gasteiger partial charge is 0.131 e. The molecule has 0 heterocycles. The number of nitrogens with zero attached hydrogens (tertiary/aromatic N) is 2. The summed E-state index contributed by atoms with van der Waals surface area (Å²) in [5, 5.41) is 14.9. The van der Waals surface area contributed by atoms with Crippen LogP contribution in [0.1, 0.15) is 24.8 Å². The van der Waals surface area contributed by atoms with E-state index in [1.54, 1.807) is 18.2 Å². The molecule has 0 aromatic heterocycles. The highest BCUT2D eigenvalue weighted by atomic mass is 16.3. The molecule has 0 spiro atoms. The minimum Gasteiger partial charge on any atom is -0.380 e. The lowest BCUT2D eigenvalue weighted by atomic mass is 9.93. The van der Waals surface area contributed by atoms with Crippen LogP contribution in [-0.4, -0.2) is 6.04 Å². The molecular formula is C11H11N3O. The molecule has 0 amide bonds. The fourth-order valence-electron chi connectivity index (χ4n) is 1.57. The summed E-state index contributed by atoms with van der Waals surface area (Å²) in [4.78, 5) is 10.5. The fourth-order valence-corrected chi connectivity index (χ4v) is 1.57. The molecule has 4 nitrogen and oxygen atoms in total. The Balaban J connectivity index is 2.25. The molecule has 1 aromatic carbocycles. The SMILES string of the molecule is N#Cc1ccc(N=O)c(NC2CCC2)c1. The molecule has 0 aliphatic heterocycles. The first-order valence-electron chi connectivity index (χ1n) is 4.97. The van der Waals surface area contributed by atoms with Crippen molar-refractivity contribution < 1.29 is 0 Å². The van der Waals surface area contributed by atoms with Crippen LogP contribution in [-0.2, 0) is 0 Å². The third-order valence-corrected chi connectivity index (χ3v) is 2.69. The molecule has 0 unspecified atom stereocenters. The van der Waals surface area contributed by atoms with Crippen LogP contribution in [0.3, 0.4) is 0 Å². The van der Waals surface area contributed by atoms with Crippen LogP contribution < -0.4 is 5.32 Å². The number of nitroso groups, excluding NO2 is 1. The Morgan fingerprint density at radius 1 is 1.47 bits per heavy atom. The zero-order valence-corrected chi connectivity index (χ0v) is 8.23. The lowest BCUT2D eigenvalue weighted by Gasteiger charge is -2.27. The van der Waals surface area contributed by atoms with Gasteiger partial charge < -0.3 is 5.32 Å². The lowest BCUT2D eigenvalue weighted by molar-refractivity contribution is 0.445. The maximum absolute atomic E-state index is 10.5. The van der Waals surface area contributed by atoms with Crippen LogP contribution >= 0.6 is 0 Å². The maximum atomic E-state index is 10.5. The second kappa shape index (κ2) is 4.09. The van der Waals surface area contributed by atoms with Gasteiger partial charge in [-0.2, -0.15) is 5.26 Å². The number of nitriles is 1. The molecule has 0 bridgehead atoms. The van der Waals surface area contributed by atoms with Crippen molar-refractivity contribution in [3.63, 3.8) is 0 Å². The largest absolute Gasteiger partial charge is 0.380 e. The van der Waals surface area contributed by atoms with Gasteiger partial charge in [0.25, 0.3) is 0 Å². The standard InChI is InChI=1S/C11H11N3O/c12-7-8-4-5-10(14-15)11(6-8)13-9-2-1-3-9/h4-6,9,13H,1-3H2. The number of hydrogen-bond acceptors (Lipinski definition) is 4. The van der Waals surface area contributed by atoms with Crippen LogP contribution in [0, 0.1) is 16.2 Å². The van der Waals surface area contributed by atoms with Crippen molar-refractivity contribution in [3.8, 4) is 6.07 Å². The molecule has 1 N–H and O–H groups in total. The molecule has 1 saturated carbocycles. The summed E-state index contributed by atoms with van der Waals surface area (Å²) in [6.45, 7) is 0. The van der Waals surface area contributed by atoms with Crippen LogP contribution in [0.4, 0.5) is 11.4 Å². The normalized spacial score (nSPS) is 15.1. The van der Waals surface area contributed by atoms with Gasteiger partial charge in [-0.05, 0) is 42.6 Å². The van der Waals surface area contributed by atoms with Crippen molar-refractivity contribution in [2.24, 2.45) is 5.18 Å². The van der Waals surface area contributed by atoms with E-state index in [4.69, 9.17) is 5.26 Å². The zero-order valence-electron chi connectivity index (χ0n) is 8.23. The molecule has 1 aromatic rings. The third-order valence-electron chi connectivity index (χ3n) is 2.69. The van der Waals surface area contributed by atoms with E-state index in [0.29, 0.717) is 23.0 Å². The Labute approximate surface area is 87.9 Å². The van der Waals surface area contributed by atoms with Gasteiger partial charge in [-0.15, -0.1) is 4.91 Å². The van der Waals surface area contributed by atoms with E-state index < -0.39 is 0 Å². The summed E-state index contributed by atoms with van der Waals surface area (Å²) in [5.74, 6) is 0. The van der Waals surface area contributed by atoms with E-state index in [9.17, 15) is 4.91 Å². The number of anilines is 1. The van der Waals surface area contributed by atoms with Gasteiger partial charge in [0.05, 0.1) is 17.3 Å². The third kappa shape index (κ3) is 1.96. The van der Waals surface area contributed by atoms with Crippen LogP contribution in [0.2, 0.25) is 0 Å². The molecule has 0 saturated heterocycles. The topological polar surface area (TPSA) is 65.2 Å². The van der Waals surface area contributed by atoms with Crippen LogP contribution in [0.15, 0.2) is 23.4 Å². The molecule has 15 heavy (non-hydrogen) atoms. The Bertz CT molecular complexity index is 418. The van der Waals surface area contributed by atoms with Gasteiger partial charge in [0.2, 0.25) is 0 Å². The predicted octanol–water partition coefficient (Wildman–Crippen LogP) is 2.92. The first-order valence-corrected chi connectivity index (χ1v) is 4.97. The fraction of sp³-hybridized carbons (Fsp3) is 0.364. The molecule has 4 heteroatoms. The molecule has 0 radical (unpaired) electrons. The van der Waals surface area contributed by atoms with Gasteiger partial charge in [-0.25, -0.2) is 0 Å². The van der Waals surface area contributed by atoms with Gasteiger partial charge >= 0.3 is 0 Å². The molecule has 1 fully saturated rings. The van der Waals surface area contributed by atoms with E-state index in [1.807, 2.05) is 6.07 Å². The molecule has 1 aliphatic carbocycles. The summed E-state index contributed by atoms with van der Waals surface area (Å²) in [6.07, 6.45) is 3.46. The average molecular weight is 201 g/mol. The quantitative estimate of drug-likeness (QED) is 0.764. The number of benzene rings is 1. The Hall–Kier alpha value is -1.89. The average Bonchev–Trinajstić information content (AvgIpc) is 2.23. The number of nitrogens with one attached hydrogen (secondary N) is 1. The molecular weight excluding hydrogens is 190 g/mol. The minimum absolute atomic E-state index is 0.376. The Morgan fingerprint density at radius 3 is 2.80 bits per heavy atom.